The van der Waals surface area contributed by atoms with Crippen molar-refractivity contribution in [2.75, 3.05) is 0 Å². The molecule has 1 heterocycles. The second-order valence-electron chi connectivity index (χ2n) is 3.89. The van der Waals surface area contributed by atoms with Gasteiger partial charge in [-0.05, 0) is 36.3 Å². The minimum atomic E-state index is 0.443. The molecule has 0 aliphatic heterocycles. The Morgan fingerprint density at radius 3 is 2.85 bits per heavy atom. The third kappa shape index (κ3) is 2.25. The van der Waals surface area contributed by atoms with E-state index in [-0.39, 0.29) is 0 Å². The smallest absolute Gasteiger partial charge is 0.0931 e. The van der Waals surface area contributed by atoms with Crippen LogP contribution in [0.4, 0.5) is 0 Å². The number of halogens is 1. The highest BCUT2D eigenvalue weighted by Crippen LogP contribution is 2.33. The first-order valence-corrected chi connectivity index (χ1v) is 5.92. The largest absolute Gasteiger partial charge is 0.307 e. The van der Waals surface area contributed by atoms with Gasteiger partial charge in [0.2, 0.25) is 0 Å². The van der Waals surface area contributed by atoms with Crippen LogP contribution in [0.5, 0.6) is 0 Å². The zero-order chi connectivity index (χ0) is 9.42. The molecule has 0 bridgehead atoms. The molecule has 1 nitrogen and oxygen atoms in total. The van der Waals surface area contributed by atoms with Crippen molar-refractivity contribution in [2.24, 2.45) is 5.92 Å². The summed E-state index contributed by atoms with van der Waals surface area (Å²) >= 11 is 7.48. The molecule has 0 saturated heterocycles. The van der Waals surface area contributed by atoms with Gasteiger partial charge in [0.1, 0.15) is 0 Å². The second-order valence-corrected chi connectivity index (χ2v) is 5.43. The molecular formula is C10H14ClNS. The summed E-state index contributed by atoms with van der Waals surface area (Å²) in [5.74, 6) is 0.858. The van der Waals surface area contributed by atoms with E-state index in [9.17, 15) is 0 Å². The maximum Gasteiger partial charge on any atom is 0.0931 e. The molecule has 3 atom stereocenters. The van der Waals surface area contributed by atoms with Gasteiger partial charge in [0.05, 0.1) is 4.34 Å². The molecule has 0 spiro atoms. The summed E-state index contributed by atoms with van der Waals surface area (Å²) in [7, 11) is 0. The Morgan fingerprint density at radius 1 is 1.69 bits per heavy atom. The topological polar surface area (TPSA) is 12.0 Å². The lowest BCUT2D eigenvalue weighted by Gasteiger charge is -2.11. The number of nitrogens with one attached hydrogen (secondary N) is 1. The molecule has 72 valence electrons. The van der Waals surface area contributed by atoms with Crippen LogP contribution >= 0.6 is 22.9 Å². The van der Waals surface area contributed by atoms with Gasteiger partial charge in [-0.2, -0.15) is 0 Å². The van der Waals surface area contributed by atoms with Crippen molar-refractivity contribution in [3.8, 4) is 0 Å². The van der Waals surface area contributed by atoms with Crippen LogP contribution in [0, 0.1) is 5.92 Å². The zero-order valence-corrected chi connectivity index (χ0v) is 9.45. The molecule has 1 N–H and O–H groups in total. The van der Waals surface area contributed by atoms with Gasteiger partial charge in [0.25, 0.3) is 0 Å². The standard InChI is InChI=1S/C10H14ClNS/c1-6-3-9(6)12-7(2)8-4-10(11)13-5-8/h4-7,9,12H,3H2,1-2H3. The Hall–Kier alpha value is -0.0500. The van der Waals surface area contributed by atoms with Gasteiger partial charge < -0.3 is 5.32 Å². The van der Waals surface area contributed by atoms with Gasteiger partial charge in [0.15, 0.2) is 0 Å². The molecule has 0 amide bonds. The summed E-state index contributed by atoms with van der Waals surface area (Å²) in [5.41, 5.74) is 1.31. The van der Waals surface area contributed by atoms with Gasteiger partial charge in [-0.15, -0.1) is 11.3 Å². The van der Waals surface area contributed by atoms with Crippen LogP contribution in [0.1, 0.15) is 31.9 Å². The highest BCUT2D eigenvalue weighted by atomic mass is 35.5. The summed E-state index contributed by atoms with van der Waals surface area (Å²) in [6.45, 7) is 4.48. The van der Waals surface area contributed by atoms with Crippen molar-refractivity contribution < 1.29 is 0 Å². The summed E-state index contributed by atoms with van der Waals surface area (Å²) < 4.78 is 0.882. The van der Waals surface area contributed by atoms with Gasteiger partial charge in [-0.1, -0.05) is 18.5 Å². The quantitative estimate of drug-likeness (QED) is 0.815. The fraction of sp³-hybridized carbons (Fsp3) is 0.600. The highest BCUT2D eigenvalue weighted by molar-refractivity contribution is 7.14. The summed E-state index contributed by atoms with van der Waals surface area (Å²) in [5, 5.41) is 5.71. The Labute approximate surface area is 88.1 Å². The molecule has 1 aromatic heterocycles. The maximum atomic E-state index is 5.88. The molecule has 1 fully saturated rings. The van der Waals surface area contributed by atoms with Gasteiger partial charge >= 0.3 is 0 Å². The van der Waals surface area contributed by atoms with Crippen molar-refractivity contribution >= 4 is 22.9 Å². The van der Waals surface area contributed by atoms with E-state index in [0.29, 0.717) is 6.04 Å². The minimum Gasteiger partial charge on any atom is -0.307 e. The average molecular weight is 216 g/mol. The first-order chi connectivity index (χ1) is 6.16. The number of rotatable bonds is 3. The van der Waals surface area contributed by atoms with Crippen molar-refractivity contribution in [3.05, 3.63) is 21.3 Å². The number of thiophene rings is 1. The Bertz CT molecular complexity index is 297. The van der Waals surface area contributed by atoms with Crippen molar-refractivity contribution in [3.63, 3.8) is 0 Å². The monoisotopic (exact) mass is 215 g/mol. The second kappa shape index (κ2) is 3.60. The van der Waals surface area contributed by atoms with Crippen LogP contribution in [-0.4, -0.2) is 6.04 Å². The molecule has 3 heteroatoms. The van der Waals surface area contributed by atoms with Crippen LogP contribution in [0.25, 0.3) is 0 Å². The summed E-state index contributed by atoms with van der Waals surface area (Å²) in [4.78, 5) is 0. The van der Waals surface area contributed by atoms with Crippen LogP contribution in [-0.2, 0) is 0 Å². The lowest BCUT2D eigenvalue weighted by atomic mass is 10.2. The summed E-state index contributed by atoms with van der Waals surface area (Å²) in [6, 6.07) is 3.23. The lowest BCUT2D eigenvalue weighted by Crippen LogP contribution is -2.21. The lowest BCUT2D eigenvalue weighted by molar-refractivity contribution is 0.553. The summed E-state index contributed by atoms with van der Waals surface area (Å²) in [6.07, 6.45) is 1.32. The molecule has 1 aliphatic rings. The SMILES string of the molecule is CC(NC1CC1C)c1csc(Cl)c1. The molecule has 0 radical (unpaired) electrons. The molecule has 1 aliphatic carbocycles. The van der Waals surface area contributed by atoms with E-state index >= 15 is 0 Å². The molecule has 3 unspecified atom stereocenters. The fourth-order valence-corrected chi connectivity index (χ4v) is 2.51. The molecule has 1 saturated carbocycles. The predicted molar refractivity (Wildman–Crippen MR) is 58.4 cm³/mol. The van der Waals surface area contributed by atoms with E-state index in [1.807, 2.05) is 0 Å². The van der Waals surface area contributed by atoms with Gasteiger partial charge in [-0.3, -0.25) is 0 Å². The predicted octanol–water partition coefficient (Wildman–Crippen LogP) is 3.46. The molecular weight excluding hydrogens is 202 g/mol. The third-order valence-electron chi connectivity index (χ3n) is 2.66. The Balaban J connectivity index is 1.93. The first kappa shape index (κ1) is 9.50. The van der Waals surface area contributed by atoms with E-state index in [2.05, 4.69) is 30.6 Å². The Kier molecular flexibility index (Phi) is 2.63. The third-order valence-corrected chi connectivity index (χ3v) is 3.77. The van der Waals surface area contributed by atoms with E-state index in [0.717, 1.165) is 16.3 Å². The van der Waals surface area contributed by atoms with Gasteiger partial charge in [-0.25, -0.2) is 0 Å². The number of hydrogen-bond acceptors (Lipinski definition) is 2. The molecule has 2 rings (SSSR count). The average Bonchev–Trinajstić information content (AvgIpc) is 2.62. The molecule has 0 aromatic carbocycles. The van der Waals surface area contributed by atoms with Crippen molar-refractivity contribution in [1.82, 2.24) is 5.32 Å². The van der Waals surface area contributed by atoms with E-state index < -0.39 is 0 Å². The van der Waals surface area contributed by atoms with Crippen LogP contribution in [0.2, 0.25) is 4.34 Å². The van der Waals surface area contributed by atoms with Crippen molar-refractivity contribution in [2.45, 2.75) is 32.4 Å². The fourth-order valence-electron chi connectivity index (χ4n) is 1.52. The van der Waals surface area contributed by atoms with Crippen molar-refractivity contribution in [1.29, 1.82) is 0 Å². The molecule has 13 heavy (non-hydrogen) atoms. The Morgan fingerprint density at radius 2 is 2.38 bits per heavy atom. The van der Waals surface area contributed by atoms with E-state index in [1.54, 1.807) is 11.3 Å². The number of hydrogen-bond donors (Lipinski definition) is 1. The first-order valence-electron chi connectivity index (χ1n) is 4.67. The molecule has 1 aromatic rings. The maximum absolute atomic E-state index is 5.88. The van der Waals surface area contributed by atoms with Crippen LogP contribution in [0.3, 0.4) is 0 Å². The normalized spacial score (nSPS) is 28.8. The van der Waals surface area contributed by atoms with Gasteiger partial charge in [0, 0.05) is 12.1 Å². The highest BCUT2D eigenvalue weighted by Gasteiger charge is 2.33. The van der Waals surface area contributed by atoms with E-state index in [1.165, 1.54) is 12.0 Å². The van der Waals surface area contributed by atoms with Crippen LogP contribution < -0.4 is 5.32 Å². The minimum absolute atomic E-state index is 0.443. The van der Waals surface area contributed by atoms with E-state index in [4.69, 9.17) is 11.6 Å². The zero-order valence-electron chi connectivity index (χ0n) is 7.88. The van der Waals surface area contributed by atoms with Crippen LogP contribution in [0.15, 0.2) is 11.4 Å².